The van der Waals surface area contributed by atoms with Crippen molar-refractivity contribution in [3.05, 3.63) is 18.2 Å². The quantitative estimate of drug-likeness (QED) is 0.501. The van der Waals surface area contributed by atoms with Gasteiger partial charge in [0.2, 0.25) is 11.9 Å². The minimum atomic E-state index is -1.26. The highest BCUT2D eigenvalue weighted by Crippen LogP contribution is 2.28. The van der Waals surface area contributed by atoms with Gasteiger partial charge in [-0.15, -0.1) is 0 Å². The van der Waals surface area contributed by atoms with E-state index in [2.05, 4.69) is 30.4 Å². The van der Waals surface area contributed by atoms with Gasteiger partial charge in [-0.1, -0.05) is 13.8 Å². The second-order valence-corrected chi connectivity index (χ2v) is 7.46. The fourth-order valence-corrected chi connectivity index (χ4v) is 3.21. The van der Waals surface area contributed by atoms with Gasteiger partial charge in [0.05, 0.1) is 36.4 Å². The summed E-state index contributed by atoms with van der Waals surface area (Å²) in [5, 5.41) is 7.05. The van der Waals surface area contributed by atoms with Crippen LogP contribution in [0.4, 0.5) is 21.0 Å². The van der Waals surface area contributed by atoms with Crippen LogP contribution in [0.25, 0.3) is 0 Å². The van der Waals surface area contributed by atoms with Crippen LogP contribution in [0.2, 0.25) is 0 Å². The molecule has 0 aromatic heterocycles. The minimum absolute atomic E-state index is 0.211. The molecule has 1 aromatic carbocycles. The van der Waals surface area contributed by atoms with E-state index in [0.29, 0.717) is 10.6 Å². The zero-order chi connectivity index (χ0) is 21.3. The molecule has 1 atom stereocenters. The van der Waals surface area contributed by atoms with Gasteiger partial charge < -0.3 is 14.8 Å². The van der Waals surface area contributed by atoms with Crippen molar-refractivity contribution >= 4 is 46.2 Å². The number of alkyl carbamates (subject to hydrolysis) is 2. The van der Waals surface area contributed by atoms with Crippen LogP contribution < -0.4 is 16.0 Å². The van der Waals surface area contributed by atoms with Gasteiger partial charge in [0, 0.05) is 17.6 Å². The largest absolute Gasteiger partial charge is 0.453 e. The topological polar surface area (TPSA) is 135 Å². The van der Waals surface area contributed by atoms with Crippen molar-refractivity contribution in [1.82, 2.24) is 10.6 Å². The van der Waals surface area contributed by atoms with Crippen LogP contribution in [0.3, 0.4) is 0 Å². The fraction of sp³-hybridized carbons (Fsp3) is 0.412. The second kappa shape index (κ2) is 11.0. The van der Waals surface area contributed by atoms with Gasteiger partial charge in [-0.3, -0.25) is 19.6 Å². The van der Waals surface area contributed by atoms with Crippen LogP contribution in [0.5, 0.6) is 0 Å². The number of anilines is 1. The first kappa shape index (κ1) is 23.1. The van der Waals surface area contributed by atoms with Crippen molar-refractivity contribution in [2.45, 2.75) is 25.7 Å². The van der Waals surface area contributed by atoms with Gasteiger partial charge >= 0.3 is 12.2 Å². The smallest absolute Gasteiger partial charge is 0.413 e. The first-order valence-corrected chi connectivity index (χ1v) is 9.56. The van der Waals surface area contributed by atoms with Crippen LogP contribution in [-0.2, 0) is 25.1 Å². The molecule has 0 bridgehead atoms. The maximum atomic E-state index is 12.4. The lowest BCUT2D eigenvalue weighted by Gasteiger charge is -2.13. The van der Waals surface area contributed by atoms with E-state index in [9.17, 15) is 18.6 Å². The SMILES string of the molecule is COC(=O)NC(=Nc1ccc(S(=O)CC(C)C)cc1NC(C)=O)NC(=O)OC. The van der Waals surface area contributed by atoms with Crippen LogP contribution in [0.15, 0.2) is 28.1 Å². The van der Waals surface area contributed by atoms with E-state index >= 15 is 0 Å². The molecule has 28 heavy (non-hydrogen) atoms. The van der Waals surface area contributed by atoms with Crippen LogP contribution in [0.1, 0.15) is 20.8 Å². The lowest BCUT2D eigenvalue weighted by Crippen LogP contribution is -2.43. The molecule has 1 unspecified atom stereocenters. The number of hydrogen-bond donors (Lipinski definition) is 3. The highest BCUT2D eigenvalue weighted by Gasteiger charge is 2.14. The van der Waals surface area contributed by atoms with Gasteiger partial charge in [0.1, 0.15) is 0 Å². The maximum Gasteiger partial charge on any atom is 0.413 e. The molecule has 3 N–H and O–H groups in total. The van der Waals surface area contributed by atoms with Crippen LogP contribution in [-0.4, -0.2) is 48.2 Å². The number of nitrogens with zero attached hydrogens (tertiary/aromatic N) is 1. The number of benzene rings is 1. The molecule has 0 fully saturated rings. The summed E-state index contributed by atoms with van der Waals surface area (Å²) >= 11 is 0. The highest BCUT2D eigenvalue weighted by atomic mass is 32.2. The molecule has 10 nitrogen and oxygen atoms in total. The molecule has 3 amide bonds. The van der Waals surface area contributed by atoms with Gasteiger partial charge in [-0.05, 0) is 24.1 Å². The van der Waals surface area contributed by atoms with E-state index in [1.807, 2.05) is 13.8 Å². The number of ether oxygens (including phenoxy) is 2. The summed E-state index contributed by atoms with van der Waals surface area (Å²) in [5.74, 6) is 0.0390. The van der Waals surface area contributed by atoms with Crippen LogP contribution in [0, 0.1) is 5.92 Å². The Balaban J connectivity index is 3.33. The molecule has 0 heterocycles. The molecule has 1 aromatic rings. The lowest BCUT2D eigenvalue weighted by atomic mass is 10.2. The molecular formula is C17H24N4O6S. The second-order valence-electron chi connectivity index (χ2n) is 5.96. The summed E-state index contributed by atoms with van der Waals surface area (Å²) in [7, 11) is 1.03. The summed E-state index contributed by atoms with van der Waals surface area (Å²) in [4.78, 5) is 39.1. The molecule has 0 saturated heterocycles. The third kappa shape index (κ3) is 7.74. The summed E-state index contributed by atoms with van der Waals surface area (Å²) in [6.07, 6.45) is -1.74. The Morgan fingerprint density at radius 1 is 1.11 bits per heavy atom. The van der Waals surface area contributed by atoms with Crippen molar-refractivity contribution < 1.29 is 28.1 Å². The Morgan fingerprint density at radius 3 is 2.14 bits per heavy atom. The zero-order valence-electron chi connectivity index (χ0n) is 16.3. The number of hydrogen-bond acceptors (Lipinski definition) is 7. The van der Waals surface area contributed by atoms with Gasteiger partial charge in [0.15, 0.2) is 0 Å². The Bertz CT molecular complexity index is 774. The molecule has 0 aliphatic heterocycles. The average molecular weight is 412 g/mol. The number of aliphatic imine (C=N–C) groups is 1. The predicted octanol–water partition coefficient (Wildman–Crippen LogP) is 2.11. The summed E-state index contributed by atoms with van der Waals surface area (Å²) in [6, 6.07) is 4.64. The van der Waals surface area contributed by atoms with Gasteiger partial charge in [0.25, 0.3) is 0 Å². The normalized spacial score (nSPS) is 11.2. The standard InChI is InChI=1S/C17H24N4O6S/c1-10(2)9-28(25)12-6-7-13(14(8-12)18-11(3)22)19-15(20-16(23)26-4)21-17(24)27-5/h6-8,10H,9H2,1-5H3,(H,18,22)(H2,19,20,21,23,24). The van der Waals surface area contributed by atoms with Gasteiger partial charge in [-0.2, -0.15) is 0 Å². The first-order valence-electron chi connectivity index (χ1n) is 8.24. The zero-order valence-corrected chi connectivity index (χ0v) is 17.1. The van der Waals surface area contributed by atoms with E-state index in [-0.39, 0.29) is 29.2 Å². The number of carbonyl (C=O) groups excluding carboxylic acids is 3. The molecule has 0 spiro atoms. The van der Waals surface area contributed by atoms with Gasteiger partial charge in [-0.25, -0.2) is 14.6 Å². The molecule has 0 aliphatic carbocycles. The molecule has 0 aliphatic rings. The molecule has 0 saturated carbocycles. The molecule has 11 heteroatoms. The minimum Gasteiger partial charge on any atom is -0.453 e. The summed E-state index contributed by atoms with van der Waals surface area (Å²) in [6.45, 7) is 5.22. The van der Waals surface area contributed by atoms with E-state index in [1.54, 1.807) is 6.07 Å². The predicted molar refractivity (Wildman–Crippen MR) is 105 cm³/mol. The van der Waals surface area contributed by atoms with Crippen LogP contribution >= 0.6 is 0 Å². The van der Waals surface area contributed by atoms with Crippen molar-refractivity contribution in [3.8, 4) is 0 Å². The number of nitrogens with one attached hydrogen (secondary N) is 3. The number of rotatable bonds is 5. The molecule has 0 radical (unpaired) electrons. The Hall–Kier alpha value is -2.95. The number of guanidine groups is 1. The van der Waals surface area contributed by atoms with Crippen molar-refractivity contribution in [1.29, 1.82) is 0 Å². The molecule has 154 valence electrons. The number of amides is 3. The number of carbonyl (C=O) groups is 3. The highest BCUT2D eigenvalue weighted by molar-refractivity contribution is 7.85. The van der Waals surface area contributed by atoms with Crippen molar-refractivity contribution in [3.63, 3.8) is 0 Å². The monoisotopic (exact) mass is 412 g/mol. The Morgan fingerprint density at radius 2 is 1.68 bits per heavy atom. The molecular weight excluding hydrogens is 388 g/mol. The summed E-state index contributed by atoms with van der Waals surface area (Å²) < 4.78 is 21.4. The third-order valence-corrected chi connectivity index (χ3v) is 4.82. The Labute approximate surface area is 165 Å². The van der Waals surface area contributed by atoms with E-state index < -0.39 is 23.0 Å². The molecule has 1 rings (SSSR count). The van der Waals surface area contributed by atoms with E-state index in [0.717, 1.165) is 14.2 Å². The maximum absolute atomic E-state index is 12.4. The Kier molecular flexibility index (Phi) is 9.09. The summed E-state index contributed by atoms with van der Waals surface area (Å²) in [5.41, 5.74) is 0.473. The van der Waals surface area contributed by atoms with Crippen molar-refractivity contribution in [2.24, 2.45) is 10.9 Å². The average Bonchev–Trinajstić information content (AvgIpc) is 2.61. The van der Waals surface area contributed by atoms with Crippen molar-refractivity contribution in [2.75, 3.05) is 25.3 Å². The first-order chi connectivity index (χ1) is 13.2. The fourth-order valence-electron chi connectivity index (χ4n) is 1.95. The lowest BCUT2D eigenvalue weighted by molar-refractivity contribution is -0.114. The van der Waals surface area contributed by atoms with E-state index in [4.69, 9.17) is 0 Å². The number of methoxy groups -OCH3 is 2. The third-order valence-electron chi connectivity index (χ3n) is 3.07. The van der Waals surface area contributed by atoms with E-state index in [1.165, 1.54) is 19.1 Å².